The van der Waals surface area contributed by atoms with Crippen LogP contribution in [0.4, 0.5) is 14.9 Å². The highest BCUT2D eigenvalue weighted by Gasteiger charge is 2.20. The molecule has 0 atom stereocenters. The molecule has 3 amide bonds. The molecule has 0 saturated heterocycles. The van der Waals surface area contributed by atoms with Gasteiger partial charge in [0.15, 0.2) is 6.61 Å². The van der Waals surface area contributed by atoms with Crippen LogP contribution in [0.2, 0.25) is 0 Å². The second-order valence-electron chi connectivity index (χ2n) is 6.49. The molecule has 1 aromatic heterocycles. The highest BCUT2D eigenvalue weighted by molar-refractivity contribution is 6.06. The summed E-state index contributed by atoms with van der Waals surface area (Å²) in [4.78, 5) is 41.1. The average Bonchev–Trinajstić information content (AvgIpc) is 2.73. The Morgan fingerprint density at radius 3 is 2.50 bits per heavy atom. The first-order valence-electron chi connectivity index (χ1n) is 9.31. The van der Waals surface area contributed by atoms with Crippen LogP contribution in [0.15, 0.2) is 48.5 Å². The van der Waals surface area contributed by atoms with Gasteiger partial charge in [0.1, 0.15) is 5.82 Å². The van der Waals surface area contributed by atoms with Gasteiger partial charge in [-0.15, -0.1) is 0 Å². The van der Waals surface area contributed by atoms with Crippen molar-refractivity contribution in [2.75, 3.05) is 11.9 Å². The number of hydrogen-bond acceptors (Lipinski definition) is 5. The molecule has 1 heterocycles. The van der Waals surface area contributed by atoms with E-state index < -0.39 is 30.3 Å². The van der Waals surface area contributed by atoms with E-state index in [-0.39, 0.29) is 5.69 Å². The SMILES string of the molecule is CCc1nc2ccccc2c(C(=O)OCC(=O)NC(=O)Nc2ccccc2F)c1C. The van der Waals surface area contributed by atoms with Crippen molar-refractivity contribution in [1.29, 1.82) is 0 Å². The van der Waals surface area contributed by atoms with Gasteiger partial charge in [-0.25, -0.2) is 14.0 Å². The topological polar surface area (TPSA) is 97.4 Å². The fourth-order valence-electron chi connectivity index (χ4n) is 3.05. The molecule has 30 heavy (non-hydrogen) atoms. The minimum absolute atomic E-state index is 0.0780. The molecule has 3 aromatic rings. The van der Waals surface area contributed by atoms with Crippen LogP contribution in [0.5, 0.6) is 0 Å². The highest BCUT2D eigenvalue weighted by Crippen LogP contribution is 2.24. The van der Waals surface area contributed by atoms with Crippen molar-refractivity contribution >= 4 is 34.5 Å². The summed E-state index contributed by atoms with van der Waals surface area (Å²) in [5, 5.41) is 4.83. The molecule has 154 valence electrons. The summed E-state index contributed by atoms with van der Waals surface area (Å²) in [6, 6.07) is 11.8. The van der Waals surface area contributed by atoms with Crippen LogP contribution in [0, 0.1) is 12.7 Å². The van der Waals surface area contributed by atoms with Gasteiger partial charge < -0.3 is 10.1 Å². The molecule has 0 radical (unpaired) electrons. The fourth-order valence-corrected chi connectivity index (χ4v) is 3.05. The quantitative estimate of drug-likeness (QED) is 0.626. The maximum Gasteiger partial charge on any atom is 0.339 e. The fraction of sp³-hybridized carbons (Fsp3) is 0.182. The summed E-state index contributed by atoms with van der Waals surface area (Å²) >= 11 is 0. The van der Waals surface area contributed by atoms with E-state index in [2.05, 4.69) is 10.3 Å². The number of nitrogens with one attached hydrogen (secondary N) is 2. The number of aromatic nitrogens is 1. The number of para-hydroxylation sites is 2. The third-order valence-electron chi connectivity index (χ3n) is 4.49. The van der Waals surface area contributed by atoms with Gasteiger partial charge in [0.2, 0.25) is 0 Å². The lowest BCUT2D eigenvalue weighted by Gasteiger charge is -2.13. The summed E-state index contributed by atoms with van der Waals surface area (Å²) in [5.74, 6) is -2.17. The van der Waals surface area contributed by atoms with Crippen molar-refractivity contribution in [3.05, 3.63) is 71.2 Å². The van der Waals surface area contributed by atoms with Crippen molar-refractivity contribution in [1.82, 2.24) is 10.3 Å². The molecule has 0 fully saturated rings. The molecule has 0 spiro atoms. The molecular formula is C22H20FN3O4. The van der Waals surface area contributed by atoms with Crippen LogP contribution in [0.25, 0.3) is 10.9 Å². The Hall–Kier alpha value is -3.81. The number of rotatable bonds is 5. The lowest BCUT2D eigenvalue weighted by molar-refractivity contribution is -0.123. The first-order chi connectivity index (χ1) is 14.4. The lowest BCUT2D eigenvalue weighted by Crippen LogP contribution is -2.37. The van der Waals surface area contributed by atoms with Crippen molar-refractivity contribution in [3.8, 4) is 0 Å². The van der Waals surface area contributed by atoms with Crippen LogP contribution < -0.4 is 10.6 Å². The molecule has 3 rings (SSSR count). The standard InChI is InChI=1S/C22H20FN3O4/c1-3-16-13(2)20(14-8-4-6-10-17(14)24-16)21(28)30-12-19(27)26-22(29)25-18-11-7-5-9-15(18)23/h4-11H,3,12H2,1-2H3,(H2,25,26,27,29). The van der Waals surface area contributed by atoms with Gasteiger partial charge in [-0.3, -0.25) is 15.1 Å². The predicted molar refractivity (Wildman–Crippen MR) is 110 cm³/mol. The molecule has 7 nitrogen and oxygen atoms in total. The Bertz CT molecular complexity index is 1130. The van der Waals surface area contributed by atoms with Gasteiger partial charge in [0, 0.05) is 11.1 Å². The smallest absolute Gasteiger partial charge is 0.339 e. The minimum atomic E-state index is -0.931. The monoisotopic (exact) mass is 409 g/mol. The number of fused-ring (bicyclic) bond motifs is 1. The van der Waals surface area contributed by atoms with Crippen molar-refractivity contribution in [2.45, 2.75) is 20.3 Å². The third-order valence-corrected chi connectivity index (χ3v) is 4.49. The molecular weight excluding hydrogens is 389 g/mol. The van der Waals surface area contributed by atoms with Gasteiger partial charge >= 0.3 is 12.0 Å². The summed E-state index contributed by atoms with van der Waals surface area (Å²) < 4.78 is 18.7. The van der Waals surface area contributed by atoms with E-state index in [9.17, 15) is 18.8 Å². The average molecular weight is 409 g/mol. The zero-order chi connectivity index (χ0) is 21.7. The number of anilines is 1. The van der Waals surface area contributed by atoms with Crippen molar-refractivity contribution in [2.24, 2.45) is 0 Å². The number of ether oxygens (including phenoxy) is 1. The van der Waals surface area contributed by atoms with Gasteiger partial charge in [-0.05, 0) is 37.1 Å². The maximum atomic E-state index is 13.6. The van der Waals surface area contributed by atoms with E-state index in [0.29, 0.717) is 28.5 Å². The Morgan fingerprint density at radius 2 is 1.77 bits per heavy atom. The third kappa shape index (κ3) is 4.60. The zero-order valence-electron chi connectivity index (χ0n) is 16.5. The number of benzene rings is 2. The number of halogens is 1. The van der Waals surface area contributed by atoms with Gasteiger partial charge in [0.25, 0.3) is 5.91 Å². The summed E-state index contributed by atoms with van der Waals surface area (Å²) in [6.45, 7) is 3.04. The molecule has 0 aliphatic rings. The minimum Gasteiger partial charge on any atom is -0.452 e. The molecule has 2 N–H and O–H groups in total. The van der Waals surface area contributed by atoms with Crippen LogP contribution >= 0.6 is 0 Å². The number of carbonyl (C=O) groups is 3. The lowest BCUT2D eigenvalue weighted by atomic mass is 10.0. The Kier molecular flexibility index (Phi) is 6.36. The Balaban J connectivity index is 1.67. The zero-order valence-corrected chi connectivity index (χ0v) is 16.5. The van der Waals surface area contributed by atoms with Gasteiger partial charge in [-0.2, -0.15) is 0 Å². The second-order valence-corrected chi connectivity index (χ2v) is 6.49. The molecule has 2 aromatic carbocycles. The number of aryl methyl sites for hydroxylation is 1. The molecule has 0 aliphatic carbocycles. The number of imide groups is 1. The van der Waals surface area contributed by atoms with E-state index in [1.807, 2.05) is 18.3 Å². The van der Waals surface area contributed by atoms with Gasteiger partial charge in [-0.1, -0.05) is 37.3 Å². The second kappa shape index (κ2) is 9.13. The number of pyridine rings is 1. The largest absolute Gasteiger partial charge is 0.452 e. The maximum absolute atomic E-state index is 13.6. The molecule has 0 aliphatic heterocycles. The number of nitrogens with zero attached hydrogens (tertiary/aromatic N) is 1. The summed E-state index contributed by atoms with van der Waals surface area (Å²) in [7, 11) is 0. The van der Waals surface area contributed by atoms with E-state index in [0.717, 1.165) is 5.69 Å². The van der Waals surface area contributed by atoms with Crippen molar-refractivity contribution < 1.29 is 23.5 Å². The van der Waals surface area contributed by atoms with E-state index in [4.69, 9.17) is 4.74 Å². The van der Waals surface area contributed by atoms with E-state index in [1.165, 1.54) is 24.3 Å². The molecule has 8 heteroatoms. The number of amides is 3. The molecule has 0 bridgehead atoms. The van der Waals surface area contributed by atoms with Crippen LogP contribution in [-0.2, 0) is 16.0 Å². The first-order valence-corrected chi connectivity index (χ1v) is 9.31. The summed E-state index contributed by atoms with van der Waals surface area (Å²) in [6.07, 6.45) is 0.633. The van der Waals surface area contributed by atoms with Crippen LogP contribution in [-0.4, -0.2) is 29.5 Å². The van der Waals surface area contributed by atoms with E-state index in [1.54, 1.807) is 25.1 Å². The number of esters is 1. The summed E-state index contributed by atoms with van der Waals surface area (Å²) in [5.41, 5.74) is 2.35. The van der Waals surface area contributed by atoms with E-state index >= 15 is 0 Å². The first kappa shape index (κ1) is 20.9. The van der Waals surface area contributed by atoms with Crippen molar-refractivity contribution in [3.63, 3.8) is 0 Å². The van der Waals surface area contributed by atoms with Gasteiger partial charge in [0.05, 0.1) is 16.8 Å². The molecule has 0 saturated carbocycles. The normalized spacial score (nSPS) is 10.5. The Labute approximate surface area is 172 Å². The number of hydrogen-bond donors (Lipinski definition) is 2. The Morgan fingerprint density at radius 1 is 1.07 bits per heavy atom. The highest BCUT2D eigenvalue weighted by atomic mass is 19.1. The van der Waals surface area contributed by atoms with Crippen LogP contribution in [0.1, 0.15) is 28.5 Å². The molecule has 0 unspecified atom stereocenters. The number of carbonyl (C=O) groups excluding carboxylic acids is 3. The van der Waals surface area contributed by atoms with Crippen LogP contribution in [0.3, 0.4) is 0 Å². The predicted octanol–water partition coefficient (Wildman–Crippen LogP) is 3.75. The number of urea groups is 1.